The molecule has 179 valence electrons. The van der Waals surface area contributed by atoms with Gasteiger partial charge < -0.3 is 1.43 Å². The molecule has 0 N–H and O–H groups in total. The van der Waals surface area contributed by atoms with E-state index in [1.54, 1.807) is 27.4 Å². The van der Waals surface area contributed by atoms with E-state index in [1.165, 1.54) is 56.5 Å². The molecule has 3 radical (unpaired) electrons. The predicted octanol–water partition coefficient (Wildman–Crippen LogP) is 7.25. The second kappa shape index (κ2) is 10.1. The van der Waals surface area contributed by atoms with Crippen LogP contribution in [0.2, 0.25) is 0 Å². The molecule has 2 unspecified atom stereocenters. The number of ketones is 1. The number of benzene rings is 2. The minimum atomic E-state index is 0. The van der Waals surface area contributed by atoms with Crippen LogP contribution in [0.5, 0.6) is 0 Å². The molecule has 0 fully saturated rings. The third kappa shape index (κ3) is 3.98. The van der Waals surface area contributed by atoms with Crippen LogP contribution in [0.3, 0.4) is 0 Å². The fourth-order valence-corrected chi connectivity index (χ4v) is 11.5. The van der Waals surface area contributed by atoms with Crippen LogP contribution in [0, 0.1) is 5.92 Å². The summed E-state index contributed by atoms with van der Waals surface area (Å²) in [7, 11) is 0. The number of Topliss-reactive ketones (excluding diaryl/α,β-unsaturated/α-hetero) is 1. The van der Waals surface area contributed by atoms with Crippen LogP contribution in [0.25, 0.3) is 44.5 Å². The number of carbonyl (C=O) groups is 1. The van der Waals surface area contributed by atoms with Crippen LogP contribution in [0.15, 0.2) is 54.1 Å². The Morgan fingerprint density at radius 3 is 1.97 bits per heavy atom. The molecule has 4 aromatic heterocycles. The standard InChI is InChI=1S/C15H12OS2.C15H12S2.B.Na.H/c1-7-8(2)12(16)14-11(7)15-13(18-14)9-5-3-4-6-10(9)17-15;1-8-7-12-13(9(8)2)15-14(17-12)10-5-3-4-6-11(10)16-15;;;/h3-8H,1-2H3;3-6H,7H2,1-2H3;;;/q;;;+1;-1. The Hall–Kier alpha value is -1.25. The van der Waals surface area contributed by atoms with Gasteiger partial charge in [0.2, 0.25) is 0 Å². The topological polar surface area (TPSA) is 17.1 Å². The van der Waals surface area contributed by atoms with E-state index < -0.39 is 0 Å². The molecular weight excluding hydrogens is 538 g/mol. The van der Waals surface area contributed by atoms with Gasteiger partial charge in [0.05, 0.1) is 23.7 Å². The zero-order valence-corrected chi connectivity index (χ0v) is 26.9. The van der Waals surface area contributed by atoms with Crippen molar-refractivity contribution in [1.29, 1.82) is 0 Å². The van der Waals surface area contributed by atoms with Crippen molar-refractivity contribution in [2.24, 2.45) is 5.92 Å². The third-order valence-electron chi connectivity index (χ3n) is 7.81. The fraction of sp³-hybridized carbons (Fsp3) is 0.233. The number of fused-ring (bicyclic) bond motifs is 10. The molecule has 0 bridgehead atoms. The molecule has 6 aromatic rings. The average molecular weight is 564 g/mol. The normalized spacial score (nSPS) is 18.2. The van der Waals surface area contributed by atoms with Gasteiger partial charge in [-0.15, -0.1) is 45.3 Å². The molecule has 37 heavy (non-hydrogen) atoms. The first-order valence-corrected chi connectivity index (χ1v) is 15.3. The van der Waals surface area contributed by atoms with Gasteiger partial charge in [0, 0.05) is 51.4 Å². The summed E-state index contributed by atoms with van der Waals surface area (Å²) in [5.41, 5.74) is 5.92. The fourth-order valence-electron chi connectivity index (χ4n) is 5.52. The zero-order chi connectivity index (χ0) is 24.0. The third-order valence-corrected chi connectivity index (χ3v) is 12.9. The number of thiophene rings is 4. The van der Waals surface area contributed by atoms with Gasteiger partial charge in [-0.1, -0.05) is 55.8 Å². The van der Waals surface area contributed by atoms with Crippen LogP contribution in [-0.4, -0.2) is 14.2 Å². The Kier molecular flexibility index (Phi) is 7.43. The van der Waals surface area contributed by atoms with Crippen LogP contribution < -0.4 is 29.6 Å². The number of rotatable bonds is 0. The van der Waals surface area contributed by atoms with E-state index in [0.29, 0.717) is 11.7 Å². The second-order valence-corrected chi connectivity index (χ2v) is 14.0. The van der Waals surface area contributed by atoms with E-state index in [0.717, 1.165) is 4.88 Å². The first kappa shape index (κ1) is 27.3. The van der Waals surface area contributed by atoms with Gasteiger partial charge in [-0.2, -0.15) is 0 Å². The molecule has 2 aromatic carbocycles. The van der Waals surface area contributed by atoms with Gasteiger partial charge in [0.15, 0.2) is 5.78 Å². The van der Waals surface area contributed by atoms with Gasteiger partial charge in [-0.25, -0.2) is 0 Å². The minimum Gasteiger partial charge on any atom is -1.00 e. The molecule has 7 heteroatoms. The van der Waals surface area contributed by atoms with Crippen LogP contribution >= 0.6 is 45.3 Å². The molecule has 4 heterocycles. The molecule has 0 aliphatic heterocycles. The van der Waals surface area contributed by atoms with E-state index in [4.69, 9.17) is 0 Å². The van der Waals surface area contributed by atoms with Crippen LogP contribution in [0.1, 0.15) is 60.7 Å². The van der Waals surface area contributed by atoms with Gasteiger partial charge in [0.1, 0.15) is 0 Å². The Labute approximate surface area is 258 Å². The maximum Gasteiger partial charge on any atom is 1.00 e. The molecule has 0 amide bonds. The minimum absolute atomic E-state index is 0. The molecule has 2 aliphatic rings. The van der Waals surface area contributed by atoms with E-state index in [-0.39, 0.29) is 45.3 Å². The average Bonchev–Trinajstić information content (AvgIpc) is 3.65. The smallest absolute Gasteiger partial charge is 1.00 e. The van der Waals surface area contributed by atoms with E-state index >= 15 is 0 Å². The summed E-state index contributed by atoms with van der Waals surface area (Å²) in [6.07, 6.45) is 1.17. The molecule has 8 rings (SSSR count). The Morgan fingerprint density at radius 2 is 1.32 bits per heavy atom. The molecule has 2 aliphatic carbocycles. The molecule has 0 spiro atoms. The first-order valence-electron chi connectivity index (χ1n) is 12.0. The zero-order valence-electron chi connectivity index (χ0n) is 22.6. The van der Waals surface area contributed by atoms with Gasteiger partial charge in [-0.3, -0.25) is 4.79 Å². The predicted molar refractivity (Wildman–Crippen MR) is 165 cm³/mol. The Morgan fingerprint density at radius 1 is 0.757 bits per heavy atom. The number of hydrogen-bond donors (Lipinski definition) is 0. The summed E-state index contributed by atoms with van der Waals surface area (Å²) in [6, 6.07) is 17.3. The molecule has 1 nitrogen and oxygen atoms in total. The van der Waals surface area contributed by atoms with Crippen LogP contribution in [0.4, 0.5) is 0 Å². The molecule has 2 atom stereocenters. The van der Waals surface area contributed by atoms with Crippen molar-refractivity contribution in [3.63, 3.8) is 0 Å². The molecule has 0 saturated carbocycles. The number of carbonyl (C=O) groups excluding carboxylic acids is 1. The van der Waals surface area contributed by atoms with Crippen molar-refractivity contribution in [3.05, 3.63) is 75.0 Å². The summed E-state index contributed by atoms with van der Waals surface area (Å²) in [5.74, 6) is 0.866. The summed E-state index contributed by atoms with van der Waals surface area (Å²) in [5, 5.41) is 2.75. The SMILES string of the molecule is CC1=C(C)c2c(sc3c2sc2ccccc23)C1.CC1C(=O)c2sc3c(sc4ccccc43)c2C1C.[B].[H-].[Na+]. The van der Waals surface area contributed by atoms with Gasteiger partial charge in [0.25, 0.3) is 0 Å². The van der Waals surface area contributed by atoms with Crippen molar-refractivity contribution in [2.45, 2.75) is 40.0 Å². The van der Waals surface area contributed by atoms with Crippen molar-refractivity contribution < 1.29 is 35.8 Å². The monoisotopic (exact) mass is 563 g/mol. The Bertz CT molecular complexity index is 1870. The van der Waals surface area contributed by atoms with Crippen molar-refractivity contribution >= 4 is 104 Å². The number of allylic oxidation sites excluding steroid dienone is 2. The van der Waals surface area contributed by atoms with Crippen molar-refractivity contribution in [2.75, 3.05) is 0 Å². The van der Waals surface area contributed by atoms with E-state index in [1.807, 2.05) is 34.0 Å². The molecular formula is C30H25BNaOS4. The maximum absolute atomic E-state index is 12.2. The summed E-state index contributed by atoms with van der Waals surface area (Å²) < 4.78 is 8.44. The Balaban J connectivity index is 0.000000164. The maximum atomic E-state index is 12.2. The van der Waals surface area contributed by atoms with Crippen molar-refractivity contribution in [1.82, 2.24) is 0 Å². The summed E-state index contributed by atoms with van der Waals surface area (Å²) in [4.78, 5) is 14.8. The van der Waals surface area contributed by atoms with E-state index in [2.05, 4.69) is 76.2 Å². The van der Waals surface area contributed by atoms with Crippen LogP contribution in [-0.2, 0) is 6.42 Å². The second-order valence-electron chi connectivity index (χ2n) is 9.78. The van der Waals surface area contributed by atoms with Gasteiger partial charge in [-0.05, 0) is 43.0 Å². The summed E-state index contributed by atoms with van der Waals surface area (Å²) in [6.45, 7) is 8.78. The number of hydrogen-bond acceptors (Lipinski definition) is 5. The first-order chi connectivity index (χ1) is 16.9. The quantitative estimate of drug-likeness (QED) is 0.178. The summed E-state index contributed by atoms with van der Waals surface area (Å²) >= 11 is 7.49. The van der Waals surface area contributed by atoms with E-state index in [9.17, 15) is 4.79 Å². The molecule has 0 saturated heterocycles. The van der Waals surface area contributed by atoms with Gasteiger partial charge >= 0.3 is 29.6 Å². The van der Waals surface area contributed by atoms with Crippen molar-refractivity contribution in [3.8, 4) is 0 Å². The largest absolute Gasteiger partial charge is 1.00 e.